The highest BCUT2D eigenvalue weighted by atomic mass is 16.6. The number of ether oxygens (including phenoxy) is 8. The van der Waals surface area contributed by atoms with Crippen LogP contribution in [0.4, 0.5) is 5.69 Å². The molecule has 9 nitrogen and oxygen atoms in total. The van der Waals surface area contributed by atoms with Crippen LogP contribution in [0.15, 0.2) is 36.4 Å². The largest absolute Gasteiger partial charge is 0.489 e. The van der Waals surface area contributed by atoms with Crippen molar-refractivity contribution < 1.29 is 37.9 Å². The molecule has 9 heteroatoms. The Labute approximate surface area is 240 Å². The summed E-state index contributed by atoms with van der Waals surface area (Å²) in [6, 6.07) is 12.9. The van der Waals surface area contributed by atoms with Crippen molar-refractivity contribution in [3.8, 4) is 16.9 Å². The molecule has 0 spiro atoms. The second kappa shape index (κ2) is 21.5. The standard InChI is InChI=1S/C31H49NO8/c1-26-6-7-27(2)29(24-26)28-8-9-31(30(25-28)32(3)4)40-23-22-39-21-20-38-19-18-37-17-16-36-15-14-35-13-12-34-11-10-33-5/h6-9,24-25H,10-23H2,1-5H3. The summed E-state index contributed by atoms with van der Waals surface area (Å²) in [7, 11) is 5.71. The van der Waals surface area contributed by atoms with Gasteiger partial charge in [0.05, 0.1) is 91.6 Å². The van der Waals surface area contributed by atoms with Crippen molar-refractivity contribution in [1.82, 2.24) is 0 Å². The van der Waals surface area contributed by atoms with Crippen LogP contribution in [0.25, 0.3) is 11.1 Å². The Kier molecular flexibility index (Phi) is 18.3. The highest BCUT2D eigenvalue weighted by Crippen LogP contribution is 2.34. The highest BCUT2D eigenvalue weighted by Gasteiger charge is 2.10. The molecule has 0 amide bonds. The lowest BCUT2D eigenvalue weighted by Crippen LogP contribution is -2.15. The summed E-state index contributed by atoms with van der Waals surface area (Å²) >= 11 is 0. The zero-order valence-corrected chi connectivity index (χ0v) is 25.1. The first-order valence-corrected chi connectivity index (χ1v) is 14.0. The van der Waals surface area contributed by atoms with Gasteiger partial charge < -0.3 is 42.8 Å². The van der Waals surface area contributed by atoms with Crippen molar-refractivity contribution in [2.45, 2.75) is 13.8 Å². The molecule has 0 N–H and O–H groups in total. The Morgan fingerprint density at radius 3 is 1.50 bits per heavy atom. The number of benzene rings is 2. The van der Waals surface area contributed by atoms with Gasteiger partial charge in [0, 0.05) is 21.2 Å². The van der Waals surface area contributed by atoms with Crippen LogP contribution >= 0.6 is 0 Å². The van der Waals surface area contributed by atoms with E-state index < -0.39 is 0 Å². The van der Waals surface area contributed by atoms with Crippen LogP contribution in [0.2, 0.25) is 0 Å². The molecule has 2 rings (SSSR count). The van der Waals surface area contributed by atoms with E-state index in [1.807, 2.05) is 20.2 Å². The Hall–Kier alpha value is -2.24. The Balaban J connectivity index is 1.45. The SMILES string of the molecule is COCCOCCOCCOCCOCCOCCOCCOc1ccc(-c2cc(C)ccc2C)cc1N(C)C. The van der Waals surface area contributed by atoms with E-state index in [0.29, 0.717) is 92.5 Å². The molecule has 40 heavy (non-hydrogen) atoms. The van der Waals surface area contributed by atoms with Crippen molar-refractivity contribution in [3.63, 3.8) is 0 Å². The zero-order valence-electron chi connectivity index (χ0n) is 25.1. The van der Waals surface area contributed by atoms with Crippen LogP contribution in [-0.2, 0) is 33.2 Å². The number of methoxy groups -OCH3 is 1. The van der Waals surface area contributed by atoms with Crippen LogP contribution in [-0.4, -0.2) is 114 Å². The minimum atomic E-state index is 0.472. The van der Waals surface area contributed by atoms with Gasteiger partial charge in [0.1, 0.15) is 12.4 Å². The molecular formula is C31H49NO8. The van der Waals surface area contributed by atoms with Gasteiger partial charge in [-0.3, -0.25) is 0 Å². The third-order valence-corrected chi connectivity index (χ3v) is 5.92. The second-order valence-corrected chi connectivity index (χ2v) is 9.41. The van der Waals surface area contributed by atoms with Crippen LogP contribution in [0.5, 0.6) is 5.75 Å². The van der Waals surface area contributed by atoms with Gasteiger partial charge >= 0.3 is 0 Å². The van der Waals surface area contributed by atoms with E-state index in [9.17, 15) is 0 Å². The number of rotatable bonds is 24. The molecule has 0 aliphatic carbocycles. The number of aryl methyl sites for hydroxylation is 2. The number of anilines is 1. The molecular weight excluding hydrogens is 514 g/mol. The van der Waals surface area contributed by atoms with Crippen molar-refractivity contribution in [1.29, 1.82) is 0 Å². The summed E-state index contributed by atoms with van der Waals surface area (Å²) < 4.78 is 43.8. The predicted molar refractivity (Wildman–Crippen MR) is 158 cm³/mol. The van der Waals surface area contributed by atoms with Gasteiger partial charge in [0.25, 0.3) is 0 Å². The first-order valence-electron chi connectivity index (χ1n) is 14.0. The fourth-order valence-electron chi connectivity index (χ4n) is 3.76. The Morgan fingerprint density at radius 1 is 0.550 bits per heavy atom. The smallest absolute Gasteiger partial charge is 0.142 e. The summed E-state index contributed by atoms with van der Waals surface area (Å²) in [5.41, 5.74) is 5.98. The Bertz CT molecular complexity index is 924. The normalized spacial score (nSPS) is 11.2. The van der Waals surface area contributed by atoms with Crippen molar-refractivity contribution >= 4 is 5.69 Å². The maximum Gasteiger partial charge on any atom is 0.142 e. The van der Waals surface area contributed by atoms with E-state index in [2.05, 4.69) is 49.1 Å². The average molecular weight is 564 g/mol. The quantitative estimate of drug-likeness (QED) is 0.175. The van der Waals surface area contributed by atoms with Gasteiger partial charge in [0.15, 0.2) is 0 Å². The molecule has 0 saturated heterocycles. The molecule has 226 valence electrons. The lowest BCUT2D eigenvalue weighted by atomic mass is 9.98. The molecule has 0 unspecified atom stereocenters. The maximum atomic E-state index is 6.02. The summed E-state index contributed by atoms with van der Waals surface area (Å²) in [6.45, 7) is 11.7. The van der Waals surface area contributed by atoms with Crippen molar-refractivity contribution in [2.24, 2.45) is 0 Å². The Morgan fingerprint density at radius 2 is 1.02 bits per heavy atom. The fourth-order valence-corrected chi connectivity index (χ4v) is 3.76. The molecule has 0 atom stereocenters. The van der Waals surface area contributed by atoms with Crippen LogP contribution in [0.3, 0.4) is 0 Å². The molecule has 2 aromatic rings. The topological polar surface area (TPSA) is 77.1 Å². The van der Waals surface area contributed by atoms with Gasteiger partial charge in [-0.25, -0.2) is 0 Å². The number of nitrogens with zero attached hydrogens (tertiary/aromatic N) is 1. The summed E-state index contributed by atoms with van der Waals surface area (Å²) in [5.74, 6) is 0.843. The maximum absolute atomic E-state index is 6.02. The second-order valence-electron chi connectivity index (χ2n) is 9.41. The molecule has 0 fully saturated rings. The molecule has 0 bridgehead atoms. The molecule has 0 aliphatic rings. The molecule has 0 saturated carbocycles. The van der Waals surface area contributed by atoms with E-state index in [0.717, 1.165) is 11.4 Å². The lowest BCUT2D eigenvalue weighted by molar-refractivity contribution is -0.0199. The van der Waals surface area contributed by atoms with Crippen LogP contribution in [0.1, 0.15) is 11.1 Å². The predicted octanol–water partition coefficient (Wildman–Crippen LogP) is 4.16. The van der Waals surface area contributed by atoms with E-state index >= 15 is 0 Å². The monoisotopic (exact) mass is 563 g/mol. The number of hydrogen-bond acceptors (Lipinski definition) is 9. The van der Waals surface area contributed by atoms with Gasteiger partial charge in [-0.15, -0.1) is 0 Å². The van der Waals surface area contributed by atoms with E-state index in [1.165, 1.54) is 22.3 Å². The molecule has 2 aromatic carbocycles. The molecule has 0 aliphatic heterocycles. The summed E-state index contributed by atoms with van der Waals surface area (Å²) in [6.07, 6.45) is 0. The average Bonchev–Trinajstić information content (AvgIpc) is 2.95. The van der Waals surface area contributed by atoms with E-state index in [1.54, 1.807) is 7.11 Å². The van der Waals surface area contributed by atoms with Crippen molar-refractivity contribution in [3.05, 3.63) is 47.5 Å². The minimum Gasteiger partial charge on any atom is -0.489 e. The van der Waals surface area contributed by atoms with Crippen LogP contribution in [0, 0.1) is 13.8 Å². The third kappa shape index (κ3) is 14.4. The van der Waals surface area contributed by atoms with E-state index in [-0.39, 0.29) is 0 Å². The van der Waals surface area contributed by atoms with Gasteiger partial charge in [-0.1, -0.05) is 29.8 Å². The third-order valence-electron chi connectivity index (χ3n) is 5.92. The zero-order chi connectivity index (χ0) is 28.8. The van der Waals surface area contributed by atoms with Gasteiger partial charge in [0.2, 0.25) is 0 Å². The van der Waals surface area contributed by atoms with Gasteiger partial charge in [-0.05, 0) is 42.7 Å². The summed E-state index contributed by atoms with van der Waals surface area (Å²) in [5, 5.41) is 0. The molecule has 0 aromatic heterocycles. The van der Waals surface area contributed by atoms with Crippen molar-refractivity contribution in [2.75, 3.05) is 119 Å². The highest BCUT2D eigenvalue weighted by molar-refractivity contribution is 5.74. The lowest BCUT2D eigenvalue weighted by Gasteiger charge is -2.20. The number of hydrogen-bond donors (Lipinski definition) is 0. The minimum absolute atomic E-state index is 0.472. The molecule has 0 radical (unpaired) electrons. The first-order chi connectivity index (χ1) is 19.5. The fraction of sp³-hybridized carbons (Fsp3) is 0.613. The van der Waals surface area contributed by atoms with Gasteiger partial charge in [-0.2, -0.15) is 0 Å². The first kappa shape index (κ1) is 34.0. The van der Waals surface area contributed by atoms with E-state index in [4.69, 9.17) is 37.9 Å². The molecule has 0 heterocycles. The summed E-state index contributed by atoms with van der Waals surface area (Å²) in [4.78, 5) is 2.07. The van der Waals surface area contributed by atoms with Crippen LogP contribution < -0.4 is 9.64 Å².